The Balaban J connectivity index is 2.46. The molecule has 0 aromatic carbocycles. The lowest BCUT2D eigenvalue weighted by molar-refractivity contribution is 0.698. The summed E-state index contributed by atoms with van der Waals surface area (Å²) in [6.07, 6.45) is 0. The van der Waals surface area contributed by atoms with Gasteiger partial charge in [0, 0.05) is 19.8 Å². The summed E-state index contributed by atoms with van der Waals surface area (Å²) < 4.78 is 4.01. The predicted molar refractivity (Wildman–Crippen MR) is 81.4 cm³/mol. The smallest absolute Gasteiger partial charge is 0.279 e. The Kier molecular flexibility index (Phi) is 2.98. The molecule has 8 heteroatoms. The molecule has 0 fully saturated rings. The van der Waals surface area contributed by atoms with Crippen LogP contribution in [0.15, 0.2) is 15.7 Å². The molecule has 0 aliphatic rings. The van der Waals surface area contributed by atoms with Crippen molar-refractivity contribution in [3.63, 3.8) is 0 Å². The van der Waals surface area contributed by atoms with Crippen molar-refractivity contribution in [1.29, 1.82) is 0 Å². The van der Waals surface area contributed by atoms with Gasteiger partial charge in [0.05, 0.1) is 11.4 Å². The normalized spacial score (nSPS) is 11.3. The Bertz CT molecular complexity index is 1020. The largest absolute Gasteiger partial charge is 0.332 e. The minimum Gasteiger partial charge on any atom is -0.279 e. The maximum atomic E-state index is 12.2. The average molecular weight is 300 g/mol. The Morgan fingerprint density at radius 1 is 1.00 bits per heavy atom. The molecule has 0 saturated heterocycles. The third kappa shape index (κ3) is 1.87. The molecule has 0 saturated carbocycles. The zero-order valence-electron chi connectivity index (χ0n) is 13.1. The van der Waals surface area contributed by atoms with Crippen LogP contribution in [-0.2, 0) is 14.1 Å². The molecule has 0 amide bonds. The van der Waals surface area contributed by atoms with Gasteiger partial charge in [0.15, 0.2) is 17.0 Å². The van der Waals surface area contributed by atoms with Gasteiger partial charge in [0.2, 0.25) is 0 Å². The molecule has 3 aromatic rings. The van der Waals surface area contributed by atoms with Gasteiger partial charge in [0.25, 0.3) is 5.56 Å². The molecule has 114 valence electrons. The second-order valence-corrected chi connectivity index (χ2v) is 5.35. The minimum atomic E-state index is -0.450. The quantitative estimate of drug-likeness (QED) is 0.638. The zero-order chi connectivity index (χ0) is 16.2. The molecule has 3 rings (SSSR count). The predicted octanol–water partition coefficient (Wildman–Crippen LogP) is 0.138. The minimum absolute atomic E-state index is 0.174. The second-order valence-electron chi connectivity index (χ2n) is 5.35. The fourth-order valence-electron chi connectivity index (χ4n) is 2.48. The topological polar surface area (TPSA) is 87.6 Å². The highest BCUT2D eigenvalue weighted by Gasteiger charge is 2.16. The number of aryl methyl sites for hydroxylation is 4. The van der Waals surface area contributed by atoms with Crippen LogP contribution in [0.5, 0.6) is 0 Å². The fourth-order valence-corrected chi connectivity index (χ4v) is 2.48. The van der Waals surface area contributed by atoms with E-state index in [1.807, 2.05) is 19.9 Å². The van der Waals surface area contributed by atoms with E-state index in [9.17, 15) is 9.59 Å². The lowest BCUT2D eigenvalue weighted by Gasteiger charge is -2.11. The summed E-state index contributed by atoms with van der Waals surface area (Å²) in [5, 5.41) is 4.38. The van der Waals surface area contributed by atoms with Gasteiger partial charge in [0.1, 0.15) is 0 Å². The molecule has 0 aliphatic heterocycles. The summed E-state index contributed by atoms with van der Waals surface area (Å²) in [6.45, 7) is 5.57. The molecular formula is C14H16N6O2. The summed E-state index contributed by atoms with van der Waals surface area (Å²) in [7, 11) is 3.00. The molecule has 3 heterocycles. The van der Waals surface area contributed by atoms with Crippen molar-refractivity contribution in [2.24, 2.45) is 14.1 Å². The van der Waals surface area contributed by atoms with Crippen LogP contribution in [0.1, 0.15) is 17.1 Å². The van der Waals surface area contributed by atoms with Crippen molar-refractivity contribution in [2.45, 2.75) is 20.8 Å². The Labute approximate surface area is 125 Å². The molecule has 0 atom stereocenters. The maximum absolute atomic E-state index is 12.2. The monoisotopic (exact) mass is 300 g/mol. The highest BCUT2D eigenvalue weighted by atomic mass is 16.2. The van der Waals surface area contributed by atoms with E-state index in [2.05, 4.69) is 15.1 Å². The van der Waals surface area contributed by atoms with Crippen LogP contribution in [-0.4, -0.2) is 28.9 Å². The number of rotatable bonds is 1. The first-order valence-electron chi connectivity index (χ1n) is 6.79. The molecule has 0 aliphatic carbocycles. The number of fused-ring (bicyclic) bond motifs is 1. The van der Waals surface area contributed by atoms with Crippen LogP contribution >= 0.6 is 0 Å². The molecule has 22 heavy (non-hydrogen) atoms. The lowest BCUT2D eigenvalue weighted by atomic mass is 10.3. The van der Waals surface area contributed by atoms with E-state index in [1.54, 1.807) is 18.7 Å². The summed E-state index contributed by atoms with van der Waals surface area (Å²) in [6, 6.07) is 1.92. The van der Waals surface area contributed by atoms with Gasteiger partial charge in [-0.3, -0.25) is 13.9 Å². The van der Waals surface area contributed by atoms with Crippen molar-refractivity contribution >= 4 is 11.2 Å². The molecule has 0 N–H and O–H groups in total. The van der Waals surface area contributed by atoms with Gasteiger partial charge in [-0.25, -0.2) is 19.4 Å². The standard InChI is InChI=1S/C14H16N6O2/c1-7-6-8(2)20(17-7)11-9(3)15-10-12(16-11)18(4)14(22)19(5)13(10)21/h6H,1-5H3. The number of hydrogen-bond acceptors (Lipinski definition) is 5. The average Bonchev–Trinajstić information content (AvgIpc) is 2.81. The summed E-state index contributed by atoms with van der Waals surface area (Å²) in [5.74, 6) is 0.515. The Morgan fingerprint density at radius 2 is 1.68 bits per heavy atom. The van der Waals surface area contributed by atoms with E-state index in [0.717, 1.165) is 16.0 Å². The van der Waals surface area contributed by atoms with Crippen molar-refractivity contribution in [3.8, 4) is 5.82 Å². The molecule has 0 unspecified atom stereocenters. The molecular weight excluding hydrogens is 284 g/mol. The number of aromatic nitrogens is 6. The third-order valence-corrected chi connectivity index (χ3v) is 3.64. The maximum Gasteiger partial charge on any atom is 0.332 e. The van der Waals surface area contributed by atoms with E-state index >= 15 is 0 Å². The van der Waals surface area contributed by atoms with Gasteiger partial charge in [-0.05, 0) is 26.8 Å². The van der Waals surface area contributed by atoms with Gasteiger partial charge < -0.3 is 0 Å². The first kappa shape index (κ1) is 14.2. The van der Waals surface area contributed by atoms with Crippen LogP contribution in [0.2, 0.25) is 0 Å². The summed E-state index contributed by atoms with van der Waals surface area (Å²) >= 11 is 0. The lowest BCUT2D eigenvalue weighted by Crippen LogP contribution is -2.38. The van der Waals surface area contributed by atoms with Crippen molar-refractivity contribution in [1.82, 2.24) is 28.9 Å². The Morgan fingerprint density at radius 3 is 2.27 bits per heavy atom. The van der Waals surface area contributed by atoms with Crippen molar-refractivity contribution in [2.75, 3.05) is 0 Å². The van der Waals surface area contributed by atoms with E-state index in [1.165, 1.54) is 11.6 Å². The van der Waals surface area contributed by atoms with Crippen LogP contribution in [0.3, 0.4) is 0 Å². The molecule has 0 radical (unpaired) electrons. The third-order valence-electron chi connectivity index (χ3n) is 3.64. The van der Waals surface area contributed by atoms with E-state index in [0.29, 0.717) is 11.5 Å². The van der Waals surface area contributed by atoms with E-state index in [-0.39, 0.29) is 11.2 Å². The summed E-state index contributed by atoms with van der Waals surface area (Å²) in [5.41, 5.74) is 1.88. The second kappa shape index (κ2) is 4.62. The number of hydrogen-bond donors (Lipinski definition) is 0. The van der Waals surface area contributed by atoms with E-state index in [4.69, 9.17) is 0 Å². The SMILES string of the molecule is Cc1cc(C)n(-c2nc3c(nc2C)c(=O)n(C)c(=O)n3C)n1. The van der Waals surface area contributed by atoms with Gasteiger partial charge in [-0.2, -0.15) is 5.10 Å². The van der Waals surface area contributed by atoms with Gasteiger partial charge in [-0.1, -0.05) is 0 Å². The first-order chi connectivity index (χ1) is 10.3. The van der Waals surface area contributed by atoms with Gasteiger partial charge in [-0.15, -0.1) is 0 Å². The van der Waals surface area contributed by atoms with Crippen molar-refractivity contribution < 1.29 is 0 Å². The van der Waals surface area contributed by atoms with Crippen LogP contribution < -0.4 is 11.2 Å². The van der Waals surface area contributed by atoms with Crippen molar-refractivity contribution in [3.05, 3.63) is 44.0 Å². The molecule has 0 spiro atoms. The van der Waals surface area contributed by atoms with Gasteiger partial charge >= 0.3 is 5.69 Å². The van der Waals surface area contributed by atoms with E-state index < -0.39 is 11.2 Å². The van der Waals surface area contributed by atoms with Crippen LogP contribution in [0, 0.1) is 20.8 Å². The molecule has 3 aromatic heterocycles. The van der Waals surface area contributed by atoms with Crippen LogP contribution in [0.25, 0.3) is 17.0 Å². The Hall–Kier alpha value is -2.77. The molecule has 8 nitrogen and oxygen atoms in total. The highest BCUT2D eigenvalue weighted by Crippen LogP contribution is 2.15. The van der Waals surface area contributed by atoms with Crippen LogP contribution in [0.4, 0.5) is 0 Å². The first-order valence-corrected chi connectivity index (χ1v) is 6.79. The zero-order valence-corrected chi connectivity index (χ0v) is 13.1. The highest BCUT2D eigenvalue weighted by molar-refractivity contribution is 5.70. The fraction of sp³-hybridized carbons (Fsp3) is 0.357. The molecule has 0 bridgehead atoms. The summed E-state index contributed by atoms with van der Waals surface area (Å²) in [4.78, 5) is 33.1. The number of nitrogens with zero attached hydrogens (tertiary/aromatic N) is 6.